The average Bonchev–Trinajstić information content (AvgIpc) is 2.36. The van der Waals surface area contributed by atoms with Crippen molar-refractivity contribution in [2.24, 2.45) is 5.92 Å². The molecule has 0 bridgehead atoms. The van der Waals surface area contributed by atoms with Gasteiger partial charge in [-0.2, -0.15) is 0 Å². The average molecular weight is 253 g/mol. The van der Waals surface area contributed by atoms with Crippen molar-refractivity contribution in [3.05, 3.63) is 0 Å². The lowest BCUT2D eigenvalue weighted by atomic mass is 9.86. The number of rotatable bonds is 3. The Morgan fingerprint density at radius 2 is 2.00 bits per heavy atom. The Labute approximate surface area is 111 Å². The number of piperidine rings is 1. The predicted octanol–water partition coefficient (Wildman–Crippen LogP) is 2.72. The van der Waals surface area contributed by atoms with Crippen LogP contribution in [0.15, 0.2) is 0 Å². The molecule has 104 valence electrons. The highest BCUT2D eigenvalue weighted by Gasteiger charge is 2.30. The second kappa shape index (κ2) is 6.05. The van der Waals surface area contributed by atoms with Crippen molar-refractivity contribution in [1.82, 2.24) is 4.90 Å². The third-order valence-corrected chi connectivity index (χ3v) is 4.52. The number of hydrogen-bond donors (Lipinski definition) is 1. The smallest absolute Gasteiger partial charge is 0.222 e. The maximum atomic E-state index is 12.1. The van der Waals surface area contributed by atoms with E-state index in [0.29, 0.717) is 13.0 Å². The molecule has 0 aromatic rings. The first-order chi connectivity index (χ1) is 8.57. The summed E-state index contributed by atoms with van der Waals surface area (Å²) in [6.45, 7) is 3.20. The summed E-state index contributed by atoms with van der Waals surface area (Å²) in [4.78, 5) is 14.0. The molecule has 1 amide bonds. The van der Waals surface area contributed by atoms with Gasteiger partial charge >= 0.3 is 0 Å². The molecule has 1 heterocycles. The molecule has 1 aliphatic heterocycles. The van der Waals surface area contributed by atoms with E-state index in [9.17, 15) is 9.90 Å². The molecule has 1 aliphatic carbocycles. The lowest BCUT2D eigenvalue weighted by Crippen LogP contribution is -2.48. The minimum absolute atomic E-state index is 0.251. The summed E-state index contributed by atoms with van der Waals surface area (Å²) in [6.07, 6.45) is 10.2. The monoisotopic (exact) mass is 253 g/mol. The normalized spacial score (nSPS) is 30.4. The van der Waals surface area contributed by atoms with Gasteiger partial charge in [-0.25, -0.2) is 0 Å². The summed E-state index contributed by atoms with van der Waals surface area (Å²) in [7, 11) is 0. The molecule has 2 aliphatic rings. The van der Waals surface area contributed by atoms with Gasteiger partial charge in [-0.3, -0.25) is 4.79 Å². The zero-order valence-electron chi connectivity index (χ0n) is 11.7. The van der Waals surface area contributed by atoms with Gasteiger partial charge in [-0.15, -0.1) is 0 Å². The fraction of sp³-hybridized carbons (Fsp3) is 0.933. The molecule has 0 radical (unpaired) electrons. The zero-order chi connectivity index (χ0) is 13.0. The summed E-state index contributed by atoms with van der Waals surface area (Å²) < 4.78 is 0. The molecule has 3 nitrogen and oxygen atoms in total. The number of hydrogen-bond acceptors (Lipinski definition) is 2. The van der Waals surface area contributed by atoms with Crippen molar-refractivity contribution in [2.45, 2.75) is 70.3 Å². The first-order valence-corrected chi connectivity index (χ1v) is 7.57. The van der Waals surface area contributed by atoms with E-state index < -0.39 is 5.60 Å². The van der Waals surface area contributed by atoms with Crippen LogP contribution in [0, 0.1) is 5.92 Å². The second-order valence-corrected chi connectivity index (χ2v) is 6.46. The van der Waals surface area contributed by atoms with Crippen molar-refractivity contribution < 1.29 is 9.90 Å². The lowest BCUT2D eigenvalue weighted by molar-refractivity contribution is -0.137. The van der Waals surface area contributed by atoms with Crippen LogP contribution < -0.4 is 0 Å². The van der Waals surface area contributed by atoms with Gasteiger partial charge in [0.05, 0.1) is 5.60 Å². The Balaban J connectivity index is 1.73. The summed E-state index contributed by atoms with van der Waals surface area (Å²) >= 11 is 0. The van der Waals surface area contributed by atoms with E-state index in [0.717, 1.165) is 31.7 Å². The van der Waals surface area contributed by atoms with Crippen molar-refractivity contribution in [3.8, 4) is 0 Å². The van der Waals surface area contributed by atoms with E-state index in [1.165, 1.54) is 32.1 Å². The van der Waals surface area contributed by atoms with E-state index >= 15 is 0 Å². The van der Waals surface area contributed by atoms with Crippen LogP contribution in [-0.2, 0) is 4.79 Å². The fourth-order valence-corrected chi connectivity index (χ4v) is 3.39. The molecule has 0 aromatic carbocycles. The molecule has 1 atom stereocenters. The number of likely N-dealkylation sites (tertiary alicyclic amines) is 1. The molecule has 2 fully saturated rings. The molecule has 18 heavy (non-hydrogen) atoms. The summed E-state index contributed by atoms with van der Waals surface area (Å²) in [5.41, 5.74) is -0.668. The number of amides is 1. The highest BCUT2D eigenvalue weighted by Crippen LogP contribution is 2.28. The largest absolute Gasteiger partial charge is 0.388 e. The van der Waals surface area contributed by atoms with Crippen molar-refractivity contribution in [3.63, 3.8) is 0 Å². The van der Waals surface area contributed by atoms with E-state index in [1.54, 1.807) is 0 Å². The molecule has 1 saturated heterocycles. The van der Waals surface area contributed by atoms with Crippen LogP contribution in [-0.4, -0.2) is 34.6 Å². The van der Waals surface area contributed by atoms with Gasteiger partial charge in [-0.05, 0) is 32.1 Å². The van der Waals surface area contributed by atoms with E-state index in [-0.39, 0.29) is 5.91 Å². The Morgan fingerprint density at radius 1 is 1.28 bits per heavy atom. The van der Waals surface area contributed by atoms with Crippen LogP contribution in [0.1, 0.15) is 64.7 Å². The highest BCUT2D eigenvalue weighted by atomic mass is 16.3. The first kappa shape index (κ1) is 13.9. The van der Waals surface area contributed by atoms with Crippen LogP contribution >= 0.6 is 0 Å². The molecule has 1 saturated carbocycles. The molecule has 1 unspecified atom stereocenters. The fourth-order valence-electron chi connectivity index (χ4n) is 3.39. The standard InChI is InChI=1S/C15H27NO2/c1-15(18)10-5-11-16(12-15)14(17)9-8-13-6-3-2-4-7-13/h13,18H,2-12H2,1H3. The Bertz CT molecular complexity index is 282. The number of nitrogens with zero attached hydrogens (tertiary/aromatic N) is 1. The van der Waals surface area contributed by atoms with Gasteiger partial charge in [0.1, 0.15) is 0 Å². The minimum atomic E-state index is -0.668. The number of aliphatic hydroxyl groups is 1. The van der Waals surface area contributed by atoms with Crippen molar-refractivity contribution >= 4 is 5.91 Å². The van der Waals surface area contributed by atoms with E-state index in [1.807, 2.05) is 11.8 Å². The van der Waals surface area contributed by atoms with Crippen LogP contribution in [0.4, 0.5) is 0 Å². The lowest BCUT2D eigenvalue weighted by Gasteiger charge is -2.37. The summed E-state index contributed by atoms with van der Waals surface area (Å²) in [5, 5.41) is 10.0. The maximum absolute atomic E-state index is 12.1. The maximum Gasteiger partial charge on any atom is 0.222 e. The van der Waals surface area contributed by atoms with Crippen LogP contribution in [0.25, 0.3) is 0 Å². The van der Waals surface area contributed by atoms with Crippen LogP contribution in [0.3, 0.4) is 0 Å². The molecule has 1 N–H and O–H groups in total. The molecular weight excluding hydrogens is 226 g/mol. The number of carbonyl (C=O) groups excluding carboxylic acids is 1. The van der Waals surface area contributed by atoms with Gasteiger partial charge in [0.2, 0.25) is 5.91 Å². The van der Waals surface area contributed by atoms with Crippen molar-refractivity contribution in [2.75, 3.05) is 13.1 Å². The van der Waals surface area contributed by atoms with Gasteiger partial charge in [-0.1, -0.05) is 32.1 Å². The topological polar surface area (TPSA) is 40.5 Å². The molecule has 3 heteroatoms. The minimum Gasteiger partial charge on any atom is -0.388 e. The van der Waals surface area contributed by atoms with Gasteiger partial charge < -0.3 is 10.0 Å². The third-order valence-electron chi connectivity index (χ3n) is 4.52. The quantitative estimate of drug-likeness (QED) is 0.840. The third kappa shape index (κ3) is 3.98. The van der Waals surface area contributed by atoms with Gasteiger partial charge in [0.15, 0.2) is 0 Å². The molecular formula is C15H27NO2. The molecule has 2 rings (SSSR count). The second-order valence-electron chi connectivity index (χ2n) is 6.46. The summed E-state index contributed by atoms with van der Waals surface area (Å²) in [6, 6.07) is 0. The number of β-amino-alcohol motifs (C(OH)–C–C–N with tert-alkyl or cyclic N) is 1. The number of carbonyl (C=O) groups is 1. The zero-order valence-corrected chi connectivity index (χ0v) is 11.7. The van der Waals surface area contributed by atoms with Gasteiger partial charge in [0.25, 0.3) is 0 Å². The summed E-state index contributed by atoms with van der Waals surface area (Å²) in [5.74, 6) is 1.02. The Kier molecular flexibility index (Phi) is 4.66. The highest BCUT2D eigenvalue weighted by molar-refractivity contribution is 5.76. The van der Waals surface area contributed by atoms with Gasteiger partial charge in [0, 0.05) is 19.5 Å². The molecule has 0 aromatic heterocycles. The Hall–Kier alpha value is -0.570. The predicted molar refractivity (Wildman–Crippen MR) is 72.2 cm³/mol. The Morgan fingerprint density at radius 3 is 2.67 bits per heavy atom. The van der Waals surface area contributed by atoms with E-state index in [4.69, 9.17) is 0 Å². The van der Waals surface area contributed by atoms with E-state index in [2.05, 4.69) is 0 Å². The SMILES string of the molecule is CC1(O)CCCN(C(=O)CCC2CCCCC2)C1. The van der Waals surface area contributed by atoms with Crippen LogP contribution in [0.2, 0.25) is 0 Å². The molecule has 0 spiro atoms. The van der Waals surface area contributed by atoms with Crippen molar-refractivity contribution in [1.29, 1.82) is 0 Å². The van der Waals surface area contributed by atoms with Crippen LogP contribution in [0.5, 0.6) is 0 Å². The first-order valence-electron chi connectivity index (χ1n) is 7.57.